The smallest absolute Gasteiger partial charge is 0.291 e. The van der Waals surface area contributed by atoms with Gasteiger partial charge in [-0.05, 0) is 48.5 Å². The molecule has 3 aromatic rings. The summed E-state index contributed by atoms with van der Waals surface area (Å²) in [6, 6.07) is 14.5. The average Bonchev–Trinajstić information content (AvgIpc) is 3.09. The molecule has 3 rings (SSSR count). The Labute approximate surface area is 153 Å². The second-order valence-corrected chi connectivity index (χ2v) is 5.93. The van der Waals surface area contributed by atoms with Gasteiger partial charge < -0.3 is 15.1 Å². The molecular formula is C18H12Cl2N2O3. The molecule has 0 radical (unpaired) electrons. The number of carbonyl (C=O) groups is 2. The molecule has 0 fully saturated rings. The molecular weight excluding hydrogens is 363 g/mol. The molecule has 2 aromatic carbocycles. The molecule has 1 aromatic heterocycles. The first-order valence-electron chi connectivity index (χ1n) is 7.24. The summed E-state index contributed by atoms with van der Waals surface area (Å²) in [5.74, 6) is -0.562. The van der Waals surface area contributed by atoms with E-state index in [2.05, 4.69) is 10.6 Å². The van der Waals surface area contributed by atoms with E-state index in [9.17, 15) is 9.59 Å². The van der Waals surface area contributed by atoms with E-state index in [4.69, 9.17) is 27.6 Å². The minimum absolute atomic E-state index is 0.197. The van der Waals surface area contributed by atoms with Crippen molar-refractivity contribution in [1.82, 2.24) is 0 Å². The first-order chi connectivity index (χ1) is 12.0. The summed E-state index contributed by atoms with van der Waals surface area (Å²) in [5, 5.41) is 6.12. The first kappa shape index (κ1) is 17.1. The Balaban J connectivity index is 1.73. The summed E-state index contributed by atoms with van der Waals surface area (Å²) >= 11 is 11.9. The van der Waals surface area contributed by atoms with Gasteiger partial charge in [0.15, 0.2) is 5.76 Å². The molecule has 25 heavy (non-hydrogen) atoms. The second-order valence-electron chi connectivity index (χ2n) is 5.09. The van der Waals surface area contributed by atoms with Gasteiger partial charge in [-0.2, -0.15) is 0 Å². The van der Waals surface area contributed by atoms with E-state index in [0.29, 0.717) is 22.0 Å². The highest BCUT2D eigenvalue weighted by atomic mass is 35.5. The first-order valence-corrected chi connectivity index (χ1v) is 8.00. The Morgan fingerprint density at radius 2 is 1.56 bits per heavy atom. The van der Waals surface area contributed by atoms with E-state index in [1.54, 1.807) is 48.5 Å². The van der Waals surface area contributed by atoms with E-state index in [0.717, 1.165) is 0 Å². The standard InChI is InChI=1S/C18H12Cl2N2O3/c19-11-6-7-14(15(20)9-11)17(23)21-12-3-1-4-13(10-12)22-18(24)16-5-2-8-25-16/h1-10H,(H,21,23)(H,22,24). The van der Waals surface area contributed by atoms with Crippen LogP contribution in [0.2, 0.25) is 10.0 Å². The van der Waals surface area contributed by atoms with Gasteiger partial charge in [0.25, 0.3) is 11.8 Å². The lowest BCUT2D eigenvalue weighted by Gasteiger charge is -2.09. The molecule has 0 saturated heterocycles. The van der Waals surface area contributed by atoms with Crippen LogP contribution < -0.4 is 10.6 Å². The Hall–Kier alpha value is -2.76. The molecule has 126 valence electrons. The van der Waals surface area contributed by atoms with E-state index in [-0.39, 0.29) is 22.6 Å². The highest BCUT2D eigenvalue weighted by molar-refractivity contribution is 6.37. The lowest BCUT2D eigenvalue weighted by molar-refractivity contribution is 0.0995. The monoisotopic (exact) mass is 374 g/mol. The zero-order valence-corrected chi connectivity index (χ0v) is 14.3. The number of benzene rings is 2. The summed E-state index contributed by atoms with van der Waals surface area (Å²) in [6.45, 7) is 0. The van der Waals surface area contributed by atoms with Crippen molar-refractivity contribution in [2.24, 2.45) is 0 Å². The maximum atomic E-state index is 12.3. The molecule has 0 atom stereocenters. The van der Waals surface area contributed by atoms with Gasteiger partial charge in [-0.15, -0.1) is 0 Å². The van der Waals surface area contributed by atoms with Crippen LogP contribution in [0.5, 0.6) is 0 Å². The van der Waals surface area contributed by atoms with Gasteiger partial charge in [0.1, 0.15) is 0 Å². The quantitative estimate of drug-likeness (QED) is 0.667. The molecule has 2 N–H and O–H groups in total. The topological polar surface area (TPSA) is 71.3 Å². The van der Waals surface area contributed by atoms with Crippen LogP contribution in [0, 0.1) is 0 Å². The highest BCUT2D eigenvalue weighted by Gasteiger charge is 2.12. The van der Waals surface area contributed by atoms with Crippen LogP contribution in [0.3, 0.4) is 0 Å². The van der Waals surface area contributed by atoms with Crippen LogP contribution >= 0.6 is 23.2 Å². The largest absolute Gasteiger partial charge is 0.459 e. The predicted molar refractivity (Wildman–Crippen MR) is 97.5 cm³/mol. The van der Waals surface area contributed by atoms with Crippen molar-refractivity contribution < 1.29 is 14.0 Å². The van der Waals surface area contributed by atoms with Gasteiger partial charge in [0, 0.05) is 16.4 Å². The molecule has 0 aliphatic carbocycles. The number of rotatable bonds is 4. The van der Waals surface area contributed by atoms with Gasteiger partial charge in [-0.1, -0.05) is 29.3 Å². The fourth-order valence-corrected chi connectivity index (χ4v) is 2.64. The summed E-state index contributed by atoms with van der Waals surface area (Å²) < 4.78 is 5.04. The van der Waals surface area contributed by atoms with Crippen LogP contribution in [0.4, 0.5) is 11.4 Å². The minimum atomic E-state index is -0.380. The van der Waals surface area contributed by atoms with Crippen molar-refractivity contribution in [3.8, 4) is 0 Å². The minimum Gasteiger partial charge on any atom is -0.459 e. The summed E-state index contributed by atoms with van der Waals surface area (Å²) in [5.41, 5.74) is 1.32. The molecule has 0 unspecified atom stereocenters. The number of nitrogens with one attached hydrogen (secondary N) is 2. The van der Waals surface area contributed by atoms with Gasteiger partial charge >= 0.3 is 0 Å². The van der Waals surface area contributed by atoms with E-state index < -0.39 is 0 Å². The van der Waals surface area contributed by atoms with Crippen molar-refractivity contribution in [3.63, 3.8) is 0 Å². The highest BCUT2D eigenvalue weighted by Crippen LogP contribution is 2.23. The molecule has 0 saturated carbocycles. The third-order valence-electron chi connectivity index (χ3n) is 3.30. The molecule has 7 heteroatoms. The van der Waals surface area contributed by atoms with Gasteiger partial charge in [-0.25, -0.2) is 0 Å². The Morgan fingerprint density at radius 1 is 0.840 bits per heavy atom. The Morgan fingerprint density at radius 3 is 2.20 bits per heavy atom. The average molecular weight is 375 g/mol. The zero-order valence-electron chi connectivity index (χ0n) is 12.8. The van der Waals surface area contributed by atoms with Crippen LogP contribution in [-0.2, 0) is 0 Å². The summed E-state index contributed by atoms with van der Waals surface area (Å²) in [4.78, 5) is 24.3. The number of furan rings is 1. The lowest BCUT2D eigenvalue weighted by Crippen LogP contribution is -2.14. The van der Waals surface area contributed by atoms with E-state index in [1.807, 2.05) is 0 Å². The number of hydrogen-bond donors (Lipinski definition) is 2. The third-order valence-corrected chi connectivity index (χ3v) is 3.85. The molecule has 5 nitrogen and oxygen atoms in total. The van der Waals surface area contributed by atoms with Crippen LogP contribution in [0.1, 0.15) is 20.9 Å². The van der Waals surface area contributed by atoms with E-state index in [1.165, 1.54) is 12.3 Å². The zero-order chi connectivity index (χ0) is 17.8. The SMILES string of the molecule is O=C(Nc1cccc(NC(=O)c2ccc(Cl)cc2Cl)c1)c1ccco1. The third kappa shape index (κ3) is 4.21. The van der Waals surface area contributed by atoms with Crippen molar-refractivity contribution >= 4 is 46.4 Å². The van der Waals surface area contributed by atoms with Crippen molar-refractivity contribution in [2.45, 2.75) is 0 Å². The Kier molecular flexibility index (Phi) is 5.07. The molecule has 1 heterocycles. The summed E-state index contributed by atoms with van der Waals surface area (Å²) in [6.07, 6.45) is 1.42. The number of amides is 2. The number of carbonyl (C=O) groups excluding carboxylic acids is 2. The van der Waals surface area contributed by atoms with Crippen molar-refractivity contribution in [3.05, 3.63) is 82.2 Å². The molecule has 0 aliphatic heterocycles. The van der Waals surface area contributed by atoms with Gasteiger partial charge in [0.05, 0.1) is 16.8 Å². The fourth-order valence-electron chi connectivity index (χ4n) is 2.15. The van der Waals surface area contributed by atoms with E-state index >= 15 is 0 Å². The number of halogens is 2. The molecule has 0 aliphatic rings. The maximum Gasteiger partial charge on any atom is 0.291 e. The Bertz CT molecular complexity index is 924. The molecule has 0 spiro atoms. The van der Waals surface area contributed by atoms with Crippen LogP contribution in [-0.4, -0.2) is 11.8 Å². The maximum absolute atomic E-state index is 12.3. The summed E-state index contributed by atoms with van der Waals surface area (Å²) in [7, 11) is 0. The molecule has 0 bridgehead atoms. The number of hydrogen-bond acceptors (Lipinski definition) is 3. The van der Waals surface area contributed by atoms with Gasteiger partial charge in [-0.3, -0.25) is 9.59 Å². The van der Waals surface area contributed by atoms with Crippen LogP contribution in [0.25, 0.3) is 0 Å². The number of anilines is 2. The molecule has 2 amide bonds. The van der Waals surface area contributed by atoms with Crippen LogP contribution in [0.15, 0.2) is 65.3 Å². The lowest BCUT2D eigenvalue weighted by atomic mass is 10.2. The fraction of sp³-hybridized carbons (Fsp3) is 0. The predicted octanol–water partition coefficient (Wildman–Crippen LogP) is 5.09. The van der Waals surface area contributed by atoms with Crippen molar-refractivity contribution in [1.29, 1.82) is 0 Å². The normalized spacial score (nSPS) is 10.3. The van der Waals surface area contributed by atoms with Crippen molar-refractivity contribution in [2.75, 3.05) is 10.6 Å². The second kappa shape index (κ2) is 7.42. The van der Waals surface area contributed by atoms with Gasteiger partial charge in [0.2, 0.25) is 0 Å².